The number of anilines is 1. The maximum absolute atomic E-state index is 12.4. The third-order valence-electron chi connectivity index (χ3n) is 4.70. The van der Waals surface area contributed by atoms with Crippen molar-refractivity contribution in [1.82, 2.24) is 10.7 Å². The molecule has 2 amide bonds. The molecule has 9 heteroatoms. The SMILES string of the molecule is O=NNC1(C(=O)NCCC(=O)Nc2ccc3c(c2)OCO3)CCCCC1. The Hall–Kier alpha value is -2.84. The highest BCUT2D eigenvalue weighted by Crippen LogP contribution is 2.34. The topological polar surface area (TPSA) is 118 Å². The molecule has 0 radical (unpaired) electrons. The second kappa shape index (κ2) is 8.03. The fourth-order valence-corrected chi connectivity index (χ4v) is 3.29. The van der Waals surface area contributed by atoms with Crippen molar-refractivity contribution in [1.29, 1.82) is 0 Å². The molecule has 0 spiro atoms. The second-order valence-electron chi connectivity index (χ2n) is 6.47. The molecule has 2 aliphatic rings. The Balaban J connectivity index is 1.47. The van der Waals surface area contributed by atoms with Crippen LogP contribution in [0.5, 0.6) is 11.5 Å². The molecule has 1 saturated carbocycles. The van der Waals surface area contributed by atoms with Gasteiger partial charge >= 0.3 is 0 Å². The third kappa shape index (κ3) is 4.04. The number of nitroso groups, excluding NO2 is 1. The highest BCUT2D eigenvalue weighted by Gasteiger charge is 2.39. The van der Waals surface area contributed by atoms with E-state index in [-0.39, 0.29) is 31.6 Å². The molecule has 1 aliphatic heterocycles. The summed E-state index contributed by atoms with van der Waals surface area (Å²) in [5.41, 5.74) is 2.08. The van der Waals surface area contributed by atoms with Gasteiger partial charge in [-0.1, -0.05) is 19.3 Å². The standard InChI is InChI=1S/C17H22N4O5/c22-15(19-12-4-5-13-14(10-12)26-11-25-13)6-9-18-16(23)17(20-21-24)7-2-1-3-8-17/h4-5,10H,1-3,6-9,11H2,(H,18,23)(H,19,22)(H,20,24). The van der Waals surface area contributed by atoms with Gasteiger partial charge in [0.1, 0.15) is 5.54 Å². The normalized spacial score (nSPS) is 17.2. The number of nitrogens with zero attached hydrogens (tertiary/aromatic N) is 1. The van der Waals surface area contributed by atoms with E-state index in [2.05, 4.69) is 21.3 Å². The first-order valence-corrected chi connectivity index (χ1v) is 8.70. The van der Waals surface area contributed by atoms with Gasteiger partial charge in [-0.15, -0.1) is 4.91 Å². The van der Waals surface area contributed by atoms with Crippen LogP contribution in [0.4, 0.5) is 5.69 Å². The minimum atomic E-state index is -0.951. The minimum Gasteiger partial charge on any atom is -0.454 e. The number of amides is 2. The summed E-state index contributed by atoms with van der Waals surface area (Å²) in [7, 11) is 0. The molecule has 3 rings (SSSR count). The van der Waals surface area contributed by atoms with E-state index in [0.717, 1.165) is 19.3 Å². The van der Waals surface area contributed by atoms with Gasteiger partial charge in [0.2, 0.25) is 18.6 Å². The minimum absolute atomic E-state index is 0.116. The van der Waals surface area contributed by atoms with Gasteiger partial charge in [-0.3, -0.25) is 15.0 Å². The molecule has 0 atom stereocenters. The zero-order valence-electron chi connectivity index (χ0n) is 14.4. The Labute approximate surface area is 150 Å². The number of carbonyl (C=O) groups is 2. The lowest BCUT2D eigenvalue weighted by molar-refractivity contribution is -0.129. The van der Waals surface area contributed by atoms with E-state index < -0.39 is 5.54 Å². The van der Waals surface area contributed by atoms with E-state index in [0.29, 0.717) is 30.0 Å². The maximum Gasteiger partial charge on any atom is 0.247 e. The predicted molar refractivity (Wildman–Crippen MR) is 93.6 cm³/mol. The molecule has 0 unspecified atom stereocenters. The second-order valence-corrected chi connectivity index (χ2v) is 6.47. The number of ether oxygens (including phenoxy) is 2. The Morgan fingerprint density at radius 1 is 1.12 bits per heavy atom. The predicted octanol–water partition coefficient (Wildman–Crippen LogP) is 1.83. The van der Waals surface area contributed by atoms with Gasteiger partial charge in [-0.2, -0.15) is 0 Å². The highest BCUT2D eigenvalue weighted by atomic mass is 16.7. The van der Waals surface area contributed by atoms with Crippen LogP contribution in [0.2, 0.25) is 0 Å². The van der Waals surface area contributed by atoms with Crippen LogP contribution in [0.25, 0.3) is 0 Å². The van der Waals surface area contributed by atoms with Crippen molar-refractivity contribution in [2.45, 2.75) is 44.1 Å². The lowest BCUT2D eigenvalue weighted by atomic mass is 9.81. The van der Waals surface area contributed by atoms with Gasteiger partial charge in [0.25, 0.3) is 0 Å². The largest absolute Gasteiger partial charge is 0.454 e. The summed E-state index contributed by atoms with van der Waals surface area (Å²) in [4.78, 5) is 35.1. The lowest BCUT2D eigenvalue weighted by Crippen LogP contribution is -2.56. The quantitative estimate of drug-likeness (QED) is 0.503. The number of carbonyl (C=O) groups excluding carboxylic acids is 2. The molecule has 9 nitrogen and oxygen atoms in total. The smallest absolute Gasteiger partial charge is 0.247 e. The summed E-state index contributed by atoms with van der Waals surface area (Å²) < 4.78 is 10.5. The van der Waals surface area contributed by atoms with Gasteiger partial charge in [0.15, 0.2) is 11.5 Å². The number of rotatable bonds is 7. The monoisotopic (exact) mass is 362 g/mol. The number of fused-ring (bicyclic) bond motifs is 1. The van der Waals surface area contributed by atoms with Crippen molar-refractivity contribution >= 4 is 17.5 Å². The van der Waals surface area contributed by atoms with Crippen LogP contribution in [0.1, 0.15) is 38.5 Å². The van der Waals surface area contributed by atoms with Crippen LogP contribution in [-0.4, -0.2) is 30.7 Å². The van der Waals surface area contributed by atoms with Crippen molar-refractivity contribution in [3.05, 3.63) is 23.1 Å². The fourth-order valence-electron chi connectivity index (χ4n) is 3.29. The van der Waals surface area contributed by atoms with E-state index in [4.69, 9.17) is 9.47 Å². The number of nitrogens with one attached hydrogen (secondary N) is 3. The van der Waals surface area contributed by atoms with E-state index in [1.807, 2.05) is 0 Å². The number of hydrogen-bond acceptors (Lipinski definition) is 6. The van der Waals surface area contributed by atoms with Crippen LogP contribution < -0.4 is 25.5 Å². The first-order valence-electron chi connectivity index (χ1n) is 8.70. The molecule has 3 N–H and O–H groups in total. The fraction of sp³-hybridized carbons (Fsp3) is 0.529. The van der Waals surface area contributed by atoms with Crippen molar-refractivity contribution in [2.75, 3.05) is 18.7 Å². The van der Waals surface area contributed by atoms with Crippen LogP contribution in [0, 0.1) is 4.91 Å². The van der Waals surface area contributed by atoms with Gasteiger partial charge in [-0.05, 0) is 25.0 Å². The van der Waals surface area contributed by atoms with Crippen LogP contribution in [0.3, 0.4) is 0 Å². The molecule has 1 aliphatic carbocycles. The number of benzene rings is 1. The highest BCUT2D eigenvalue weighted by molar-refractivity contribution is 5.92. The van der Waals surface area contributed by atoms with E-state index >= 15 is 0 Å². The van der Waals surface area contributed by atoms with Crippen molar-refractivity contribution in [2.24, 2.45) is 5.29 Å². The summed E-state index contributed by atoms with van der Waals surface area (Å²) in [5.74, 6) is 0.711. The van der Waals surface area contributed by atoms with E-state index in [1.165, 1.54) is 0 Å². The van der Waals surface area contributed by atoms with Crippen LogP contribution in [0.15, 0.2) is 23.5 Å². The summed E-state index contributed by atoms with van der Waals surface area (Å²) in [6.07, 6.45) is 4.00. The average molecular weight is 362 g/mol. The maximum atomic E-state index is 12.4. The Morgan fingerprint density at radius 3 is 2.65 bits per heavy atom. The van der Waals surface area contributed by atoms with Gasteiger partial charge in [-0.25, -0.2) is 0 Å². The van der Waals surface area contributed by atoms with Crippen molar-refractivity contribution in [3.8, 4) is 11.5 Å². The molecule has 26 heavy (non-hydrogen) atoms. The molecule has 1 fully saturated rings. The van der Waals surface area contributed by atoms with Gasteiger partial charge in [0.05, 0.1) is 5.29 Å². The molecule has 1 aromatic carbocycles. The van der Waals surface area contributed by atoms with E-state index in [1.54, 1.807) is 18.2 Å². The lowest BCUT2D eigenvalue weighted by Gasteiger charge is -2.34. The van der Waals surface area contributed by atoms with Crippen LogP contribution in [-0.2, 0) is 9.59 Å². The molecule has 1 heterocycles. The molecule has 140 valence electrons. The molecular weight excluding hydrogens is 340 g/mol. The molecule has 0 aromatic heterocycles. The summed E-state index contributed by atoms with van der Waals surface area (Å²) in [5, 5.41) is 8.20. The van der Waals surface area contributed by atoms with Gasteiger partial charge < -0.3 is 20.1 Å². The average Bonchev–Trinajstić information content (AvgIpc) is 3.10. The summed E-state index contributed by atoms with van der Waals surface area (Å²) in [6, 6.07) is 5.14. The van der Waals surface area contributed by atoms with Gasteiger partial charge in [0, 0.05) is 24.7 Å². The zero-order chi connectivity index (χ0) is 18.4. The zero-order valence-corrected chi connectivity index (χ0v) is 14.4. The van der Waals surface area contributed by atoms with Crippen molar-refractivity contribution < 1.29 is 19.1 Å². The Morgan fingerprint density at radius 2 is 1.88 bits per heavy atom. The first kappa shape index (κ1) is 18.0. The molecule has 1 aromatic rings. The Kier molecular flexibility index (Phi) is 5.55. The number of hydrogen-bond donors (Lipinski definition) is 3. The third-order valence-corrected chi connectivity index (χ3v) is 4.70. The van der Waals surface area contributed by atoms with E-state index in [9.17, 15) is 14.5 Å². The Bertz CT molecular complexity index is 688. The van der Waals surface area contributed by atoms with Crippen molar-refractivity contribution in [3.63, 3.8) is 0 Å². The first-order chi connectivity index (χ1) is 12.6. The molecule has 0 saturated heterocycles. The van der Waals surface area contributed by atoms with Crippen LogP contribution >= 0.6 is 0 Å². The summed E-state index contributed by atoms with van der Waals surface area (Å²) in [6.45, 7) is 0.349. The molecule has 0 bridgehead atoms. The summed E-state index contributed by atoms with van der Waals surface area (Å²) >= 11 is 0. The molecular formula is C17H22N4O5.